The molecular weight excluding hydrogens is 262 g/mol. The van der Waals surface area contributed by atoms with E-state index < -0.39 is 5.91 Å². The minimum Gasteiger partial charge on any atom is -0.370 e. The fourth-order valence-corrected chi connectivity index (χ4v) is 2.50. The Kier molecular flexibility index (Phi) is 4.11. The number of hydrogen-bond acceptors (Lipinski definition) is 3. The van der Waals surface area contributed by atoms with Gasteiger partial charge >= 0.3 is 0 Å². The molecular formula is C13H15N3O2S. The van der Waals surface area contributed by atoms with E-state index in [1.165, 1.54) is 5.49 Å². The Morgan fingerprint density at radius 3 is 2.74 bits per heavy atom. The van der Waals surface area contributed by atoms with Crippen LogP contribution >= 0.6 is 12.2 Å². The minimum absolute atomic E-state index is 0.0125. The predicted octanol–water partition coefficient (Wildman–Crippen LogP) is 0.761. The lowest BCUT2D eigenvalue weighted by Gasteiger charge is -2.16. The maximum Gasteiger partial charge on any atom is 0.224 e. The van der Waals surface area contributed by atoms with Gasteiger partial charge < -0.3 is 16.4 Å². The van der Waals surface area contributed by atoms with Crippen LogP contribution in [-0.2, 0) is 9.59 Å². The van der Waals surface area contributed by atoms with E-state index in [2.05, 4.69) is 10.6 Å². The number of nitrogens with one attached hydrogen (secondary N) is 2. The van der Waals surface area contributed by atoms with Gasteiger partial charge in [0, 0.05) is 24.6 Å². The van der Waals surface area contributed by atoms with Crippen molar-refractivity contribution >= 4 is 35.2 Å². The Hall–Kier alpha value is -1.95. The van der Waals surface area contributed by atoms with Crippen LogP contribution in [0.15, 0.2) is 24.3 Å². The van der Waals surface area contributed by atoms with E-state index in [1.54, 1.807) is 0 Å². The Bertz CT molecular complexity index is 501. The normalized spacial score (nSPS) is 21.8. The van der Waals surface area contributed by atoms with Crippen molar-refractivity contribution in [1.29, 1.82) is 0 Å². The van der Waals surface area contributed by atoms with Crippen molar-refractivity contribution < 1.29 is 9.59 Å². The summed E-state index contributed by atoms with van der Waals surface area (Å²) in [6, 6.07) is 7.64. The number of carbonyl (C=O) groups excluding carboxylic acids is 2. The average molecular weight is 277 g/mol. The molecule has 2 atom stereocenters. The van der Waals surface area contributed by atoms with Crippen molar-refractivity contribution in [3.05, 3.63) is 29.8 Å². The molecule has 1 aromatic rings. The first-order valence-electron chi connectivity index (χ1n) is 5.98. The van der Waals surface area contributed by atoms with E-state index in [4.69, 9.17) is 18.0 Å². The summed E-state index contributed by atoms with van der Waals surface area (Å²) in [5, 5.41) is 5.69. The SMILES string of the molecule is NC(=O)CC1C(=O)NCC1c1ccc(NC=S)cc1. The lowest BCUT2D eigenvalue weighted by Crippen LogP contribution is -2.25. The molecule has 1 aromatic carbocycles. The summed E-state index contributed by atoms with van der Waals surface area (Å²) in [6.45, 7) is 0.538. The summed E-state index contributed by atoms with van der Waals surface area (Å²) in [4.78, 5) is 22.7. The van der Waals surface area contributed by atoms with Gasteiger partial charge in [0.1, 0.15) is 0 Å². The lowest BCUT2D eigenvalue weighted by molar-refractivity contribution is -0.127. The Labute approximate surface area is 116 Å². The van der Waals surface area contributed by atoms with Crippen molar-refractivity contribution in [2.45, 2.75) is 12.3 Å². The smallest absolute Gasteiger partial charge is 0.224 e. The zero-order valence-corrected chi connectivity index (χ0v) is 11.1. The zero-order valence-electron chi connectivity index (χ0n) is 10.3. The lowest BCUT2D eigenvalue weighted by atomic mass is 9.86. The van der Waals surface area contributed by atoms with E-state index in [-0.39, 0.29) is 24.2 Å². The minimum atomic E-state index is -0.453. The number of amides is 2. The van der Waals surface area contributed by atoms with Crippen LogP contribution in [0.2, 0.25) is 0 Å². The molecule has 19 heavy (non-hydrogen) atoms. The molecule has 2 unspecified atom stereocenters. The molecule has 6 heteroatoms. The van der Waals surface area contributed by atoms with Crippen LogP contribution in [0.3, 0.4) is 0 Å². The molecule has 0 spiro atoms. The molecule has 2 amide bonds. The molecule has 2 rings (SSSR count). The quantitative estimate of drug-likeness (QED) is 0.694. The van der Waals surface area contributed by atoms with Gasteiger partial charge in [0.15, 0.2) is 0 Å². The van der Waals surface area contributed by atoms with Crippen LogP contribution in [0.4, 0.5) is 5.69 Å². The second-order valence-electron chi connectivity index (χ2n) is 4.51. The van der Waals surface area contributed by atoms with E-state index in [0.717, 1.165) is 11.3 Å². The van der Waals surface area contributed by atoms with Crippen LogP contribution < -0.4 is 16.4 Å². The van der Waals surface area contributed by atoms with E-state index in [1.807, 2.05) is 24.3 Å². The number of primary amides is 1. The number of rotatable bonds is 5. The van der Waals surface area contributed by atoms with Gasteiger partial charge in [-0.3, -0.25) is 9.59 Å². The van der Waals surface area contributed by atoms with Crippen molar-refractivity contribution in [2.24, 2.45) is 11.7 Å². The third-order valence-corrected chi connectivity index (χ3v) is 3.42. The summed E-state index contributed by atoms with van der Waals surface area (Å²) in [5.74, 6) is -0.945. The van der Waals surface area contributed by atoms with Gasteiger partial charge in [-0.2, -0.15) is 0 Å². The Morgan fingerprint density at radius 1 is 1.47 bits per heavy atom. The first kappa shape index (κ1) is 13.5. The van der Waals surface area contributed by atoms with Crippen molar-refractivity contribution in [3.63, 3.8) is 0 Å². The standard InChI is InChI=1S/C13H15N3O2S/c14-12(17)5-10-11(6-15-13(10)18)8-1-3-9(4-2-8)16-7-19/h1-4,7,10-11H,5-6H2,(H2,14,17)(H,15,18)(H,16,19). The van der Waals surface area contributed by atoms with E-state index in [9.17, 15) is 9.59 Å². The number of benzene rings is 1. The van der Waals surface area contributed by atoms with Gasteiger partial charge in [0.25, 0.3) is 0 Å². The number of anilines is 1. The van der Waals surface area contributed by atoms with Crippen LogP contribution in [0.1, 0.15) is 17.9 Å². The first-order valence-corrected chi connectivity index (χ1v) is 6.45. The summed E-state index contributed by atoms with van der Waals surface area (Å²) in [7, 11) is 0. The molecule has 4 N–H and O–H groups in total. The monoisotopic (exact) mass is 277 g/mol. The number of nitrogens with two attached hydrogens (primary N) is 1. The Morgan fingerprint density at radius 2 is 2.16 bits per heavy atom. The molecule has 0 aliphatic carbocycles. The molecule has 0 saturated carbocycles. The molecule has 1 heterocycles. The first-order chi connectivity index (χ1) is 9.11. The van der Waals surface area contributed by atoms with Crippen molar-refractivity contribution in [3.8, 4) is 0 Å². The average Bonchev–Trinajstić information content (AvgIpc) is 2.72. The van der Waals surface area contributed by atoms with E-state index in [0.29, 0.717) is 6.54 Å². The van der Waals surface area contributed by atoms with Gasteiger partial charge in [-0.15, -0.1) is 0 Å². The highest BCUT2D eigenvalue weighted by atomic mass is 32.1. The molecule has 0 bridgehead atoms. The third kappa shape index (κ3) is 3.08. The molecule has 1 aliphatic rings. The highest BCUT2D eigenvalue weighted by Crippen LogP contribution is 2.31. The summed E-state index contributed by atoms with van der Waals surface area (Å²) in [5.41, 5.74) is 8.53. The largest absolute Gasteiger partial charge is 0.370 e. The molecule has 0 radical (unpaired) electrons. The van der Waals surface area contributed by atoms with Crippen LogP contribution in [0.5, 0.6) is 0 Å². The second-order valence-corrected chi connectivity index (χ2v) is 4.75. The highest BCUT2D eigenvalue weighted by Gasteiger charge is 2.36. The highest BCUT2D eigenvalue weighted by molar-refractivity contribution is 7.79. The third-order valence-electron chi connectivity index (χ3n) is 3.30. The summed E-state index contributed by atoms with van der Waals surface area (Å²) >= 11 is 4.71. The summed E-state index contributed by atoms with van der Waals surface area (Å²) < 4.78 is 0. The van der Waals surface area contributed by atoms with Gasteiger partial charge in [0.2, 0.25) is 11.8 Å². The topological polar surface area (TPSA) is 84.2 Å². The van der Waals surface area contributed by atoms with E-state index >= 15 is 0 Å². The number of thiocarbonyl (C=S) groups is 1. The van der Waals surface area contributed by atoms with Gasteiger partial charge in [-0.1, -0.05) is 24.4 Å². The molecule has 0 aromatic heterocycles. The predicted molar refractivity (Wildman–Crippen MR) is 76.8 cm³/mol. The second kappa shape index (κ2) is 5.79. The molecule has 1 saturated heterocycles. The van der Waals surface area contributed by atoms with Crippen molar-refractivity contribution in [1.82, 2.24) is 5.32 Å². The molecule has 1 aliphatic heterocycles. The van der Waals surface area contributed by atoms with Gasteiger partial charge in [-0.05, 0) is 17.7 Å². The molecule has 5 nitrogen and oxygen atoms in total. The molecule has 100 valence electrons. The zero-order chi connectivity index (χ0) is 13.8. The fourth-order valence-electron chi connectivity index (χ4n) is 2.36. The van der Waals surface area contributed by atoms with Crippen LogP contribution in [0.25, 0.3) is 0 Å². The van der Waals surface area contributed by atoms with Gasteiger partial charge in [-0.25, -0.2) is 0 Å². The summed E-state index contributed by atoms with van der Waals surface area (Å²) in [6.07, 6.45) is 0.0798. The maximum absolute atomic E-state index is 11.7. The number of carbonyl (C=O) groups is 2. The number of hydrogen-bond donors (Lipinski definition) is 3. The Balaban J connectivity index is 2.17. The van der Waals surface area contributed by atoms with Crippen molar-refractivity contribution in [2.75, 3.05) is 11.9 Å². The fraction of sp³-hybridized carbons (Fsp3) is 0.308. The van der Waals surface area contributed by atoms with Crippen LogP contribution in [-0.4, -0.2) is 23.9 Å². The van der Waals surface area contributed by atoms with Crippen LogP contribution in [0, 0.1) is 5.92 Å². The van der Waals surface area contributed by atoms with Gasteiger partial charge in [0.05, 0.1) is 11.4 Å². The maximum atomic E-state index is 11.7. The molecule has 1 fully saturated rings.